The van der Waals surface area contributed by atoms with E-state index in [2.05, 4.69) is 0 Å². The molecule has 0 saturated carbocycles. The second kappa shape index (κ2) is 3.05. The van der Waals surface area contributed by atoms with E-state index in [1.807, 2.05) is 13.8 Å². The fourth-order valence-corrected chi connectivity index (χ4v) is 3.08. The molecule has 1 aliphatic carbocycles. The maximum atomic E-state index is 12.4. The highest BCUT2D eigenvalue weighted by molar-refractivity contribution is 6.25. The summed E-state index contributed by atoms with van der Waals surface area (Å²) in [7, 11) is 0. The average Bonchev–Trinajstić information content (AvgIpc) is 3.08. The number of hydrogen-bond donors (Lipinski definition) is 0. The zero-order valence-corrected chi connectivity index (χ0v) is 9.95. The van der Waals surface area contributed by atoms with Crippen molar-refractivity contribution in [2.24, 2.45) is 0 Å². The summed E-state index contributed by atoms with van der Waals surface area (Å²) in [5.41, 5.74) is -0.734. The number of benzene rings is 1. The van der Waals surface area contributed by atoms with Gasteiger partial charge in [0.25, 0.3) is 0 Å². The first kappa shape index (κ1) is 10.7. The highest BCUT2D eigenvalue weighted by Gasteiger charge is 2.78. The maximum absolute atomic E-state index is 12.4. The van der Waals surface area contributed by atoms with Crippen LogP contribution in [0.2, 0.25) is 0 Å². The molecule has 2 unspecified atom stereocenters. The first-order chi connectivity index (χ1) is 8.13. The number of carbonyl (C=O) groups is 2. The molecule has 88 valence electrons. The summed E-state index contributed by atoms with van der Waals surface area (Å²) < 4.78 is 5.66. The zero-order valence-electron chi connectivity index (χ0n) is 9.95. The van der Waals surface area contributed by atoms with E-state index in [-0.39, 0.29) is 11.6 Å². The summed E-state index contributed by atoms with van der Waals surface area (Å²) in [5, 5.41) is 0. The number of ether oxygens (including phenoxy) is 1. The van der Waals surface area contributed by atoms with Gasteiger partial charge in [-0.15, -0.1) is 0 Å². The molecule has 3 rings (SSSR count). The Hall–Kier alpha value is -1.48. The van der Waals surface area contributed by atoms with Crippen LogP contribution in [0.3, 0.4) is 0 Å². The van der Waals surface area contributed by atoms with Crippen molar-refractivity contribution in [1.82, 2.24) is 0 Å². The van der Waals surface area contributed by atoms with E-state index in [4.69, 9.17) is 4.74 Å². The average molecular weight is 230 g/mol. The van der Waals surface area contributed by atoms with Gasteiger partial charge in [-0.25, -0.2) is 0 Å². The fourth-order valence-electron chi connectivity index (χ4n) is 3.08. The van der Waals surface area contributed by atoms with E-state index in [0.29, 0.717) is 24.0 Å². The van der Waals surface area contributed by atoms with Crippen LogP contribution in [0, 0.1) is 0 Å². The standard InChI is InChI=1S/C14H14O3/c1-3-13-11(15)9-7-5-6-8-10(9)12(16)14(13,4-2)17-13/h5-8H,3-4H2,1-2H3. The van der Waals surface area contributed by atoms with Crippen LogP contribution in [0.5, 0.6) is 0 Å². The maximum Gasteiger partial charge on any atom is 0.198 e. The minimum Gasteiger partial charge on any atom is -0.345 e. The zero-order chi connectivity index (χ0) is 12.3. The van der Waals surface area contributed by atoms with E-state index < -0.39 is 11.2 Å². The lowest BCUT2D eigenvalue weighted by atomic mass is 9.72. The van der Waals surface area contributed by atoms with Gasteiger partial charge in [0, 0.05) is 11.1 Å². The quantitative estimate of drug-likeness (QED) is 0.733. The van der Waals surface area contributed by atoms with Crippen LogP contribution >= 0.6 is 0 Å². The highest BCUT2D eigenvalue weighted by atomic mass is 16.6. The minimum absolute atomic E-state index is 0.0305. The van der Waals surface area contributed by atoms with E-state index in [0.717, 1.165) is 0 Å². The molecule has 1 saturated heterocycles. The molecular weight excluding hydrogens is 216 g/mol. The van der Waals surface area contributed by atoms with Crippen LogP contribution in [0.4, 0.5) is 0 Å². The first-order valence-corrected chi connectivity index (χ1v) is 6.02. The second-order valence-corrected chi connectivity index (χ2v) is 4.67. The number of epoxide rings is 1. The Morgan fingerprint density at radius 1 is 0.941 bits per heavy atom. The summed E-state index contributed by atoms with van der Waals surface area (Å²) in [5.74, 6) is -0.0610. The van der Waals surface area contributed by atoms with Crippen molar-refractivity contribution in [2.75, 3.05) is 0 Å². The molecule has 2 atom stereocenters. The van der Waals surface area contributed by atoms with Crippen molar-refractivity contribution in [1.29, 1.82) is 0 Å². The Bertz CT molecular complexity index is 487. The van der Waals surface area contributed by atoms with Gasteiger partial charge >= 0.3 is 0 Å². The van der Waals surface area contributed by atoms with E-state index in [9.17, 15) is 9.59 Å². The molecule has 3 heteroatoms. The molecule has 3 nitrogen and oxygen atoms in total. The number of fused-ring (bicyclic) bond motifs is 2. The molecule has 0 bridgehead atoms. The predicted octanol–water partition coefficient (Wildman–Crippen LogP) is 2.39. The van der Waals surface area contributed by atoms with E-state index in [1.165, 1.54) is 0 Å². The highest BCUT2D eigenvalue weighted by Crippen LogP contribution is 2.59. The molecule has 1 heterocycles. The van der Waals surface area contributed by atoms with Gasteiger partial charge in [0.05, 0.1) is 0 Å². The molecule has 17 heavy (non-hydrogen) atoms. The summed E-state index contributed by atoms with van der Waals surface area (Å²) in [6.45, 7) is 3.80. The number of carbonyl (C=O) groups excluding carboxylic acids is 2. The van der Waals surface area contributed by atoms with Crippen molar-refractivity contribution in [3.8, 4) is 0 Å². The fraction of sp³-hybridized carbons (Fsp3) is 0.429. The molecule has 1 aromatic carbocycles. The lowest BCUT2D eigenvalue weighted by molar-refractivity contribution is 0.0834. The Morgan fingerprint density at radius 2 is 1.35 bits per heavy atom. The molecule has 1 aromatic rings. The van der Waals surface area contributed by atoms with Crippen LogP contribution in [0.15, 0.2) is 24.3 Å². The normalized spacial score (nSPS) is 34.2. The molecule has 0 amide bonds. The molecule has 0 radical (unpaired) electrons. The molecule has 2 aliphatic rings. The van der Waals surface area contributed by atoms with Gasteiger partial charge in [0.2, 0.25) is 0 Å². The van der Waals surface area contributed by atoms with Crippen LogP contribution in [-0.2, 0) is 4.74 Å². The van der Waals surface area contributed by atoms with Gasteiger partial charge < -0.3 is 4.74 Å². The summed E-state index contributed by atoms with van der Waals surface area (Å²) >= 11 is 0. The van der Waals surface area contributed by atoms with Crippen molar-refractivity contribution < 1.29 is 14.3 Å². The largest absolute Gasteiger partial charge is 0.345 e. The molecule has 0 spiro atoms. The molecule has 0 aromatic heterocycles. The Labute approximate surface area is 99.8 Å². The third-order valence-electron chi connectivity index (χ3n) is 4.10. The van der Waals surface area contributed by atoms with Crippen LogP contribution in [-0.4, -0.2) is 22.8 Å². The smallest absolute Gasteiger partial charge is 0.198 e. The lowest BCUT2D eigenvalue weighted by Gasteiger charge is -2.23. The van der Waals surface area contributed by atoms with Crippen LogP contribution in [0.1, 0.15) is 47.4 Å². The van der Waals surface area contributed by atoms with Crippen molar-refractivity contribution >= 4 is 11.6 Å². The molecule has 0 N–H and O–H groups in total. The summed E-state index contributed by atoms with van der Waals surface area (Å²) in [4.78, 5) is 24.9. The van der Waals surface area contributed by atoms with Crippen molar-refractivity contribution in [2.45, 2.75) is 37.9 Å². The number of Topliss-reactive ketones (excluding diaryl/α,β-unsaturated/α-hetero) is 2. The van der Waals surface area contributed by atoms with Gasteiger partial charge in [-0.3, -0.25) is 9.59 Å². The van der Waals surface area contributed by atoms with Crippen molar-refractivity contribution in [3.63, 3.8) is 0 Å². The van der Waals surface area contributed by atoms with Gasteiger partial charge in [0.1, 0.15) is 0 Å². The topological polar surface area (TPSA) is 46.7 Å². The Morgan fingerprint density at radius 3 is 1.71 bits per heavy atom. The number of ketones is 2. The molecular formula is C14H14O3. The Balaban J connectivity index is 2.25. The first-order valence-electron chi connectivity index (χ1n) is 6.02. The Kier molecular flexibility index (Phi) is 1.91. The van der Waals surface area contributed by atoms with Gasteiger partial charge in [-0.1, -0.05) is 38.1 Å². The van der Waals surface area contributed by atoms with Crippen LogP contribution in [0.25, 0.3) is 0 Å². The number of rotatable bonds is 2. The lowest BCUT2D eigenvalue weighted by Crippen LogP contribution is -2.44. The SMILES string of the molecule is CCC12OC1(CC)C(=O)c1ccccc1C2=O. The molecule has 1 fully saturated rings. The third-order valence-corrected chi connectivity index (χ3v) is 4.10. The van der Waals surface area contributed by atoms with Crippen LogP contribution < -0.4 is 0 Å². The van der Waals surface area contributed by atoms with Gasteiger partial charge in [-0.05, 0) is 12.8 Å². The van der Waals surface area contributed by atoms with Gasteiger partial charge in [0.15, 0.2) is 22.8 Å². The minimum atomic E-state index is -0.882. The van der Waals surface area contributed by atoms with E-state index >= 15 is 0 Å². The summed E-state index contributed by atoms with van der Waals surface area (Å²) in [6.07, 6.45) is 1.11. The predicted molar refractivity (Wildman–Crippen MR) is 62.2 cm³/mol. The second-order valence-electron chi connectivity index (χ2n) is 4.67. The number of hydrogen-bond acceptors (Lipinski definition) is 3. The van der Waals surface area contributed by atoms with E-state index in [1.54, 1.807) is 24.3 Å². The monoisotopic (exact) mass is 230 g/mol. The summed E-state index contributed by atoms with van der Waals surface area (Å²) in [6, 6.07) is 7.01. The molecule has 1 aliphatic heterocycles. The third kappa shape index (κ3) is 0.967. The van der Waals surface area contributed by atoms with Gasteiger partial charge in [-0.2, -0.15) is 0 Å². The van der Waals surface area contributed by atoms with Crippen molar-refractivity contribution in [3.05, 3.63) is 35.4 Å².